The van der Waals surface area contributed by atoms with Crippen molar-refractivity contribution in [2.75, 3.05) is 19.8 Å². The average molecular weight is 284 g/mol. The highest BCUT2D eigenvalue weighted by atomic mass is 16.5. The number of hydrogen-bond donors (Lipinski definition) is 1. The van der Waals surface area contributed by atoms with Crippen molar-refractivity contribution in [3.63, 3.8) is 0 Å². The zero-order chi connectivity index (χ0) is 15.2. The van der Waals surface area contributed by atoms with E-state index in [1.807, 2.05) is 11.8 Å². The molecule has 0 saturated carbocycles. The highest BCUT2D eigenvalue weighted by Crippen LogP contribution is 2.25. The van der Waals surface area contributed by atoms with Gasteiger partial charge >= 0.3 is 0 Å². The number of rotatable bonds is 9. The number of carbonyl (C=O) groups excluding carboxylic acids is 1. The minimum atomic E-state index is -0.391. The number of nitrogens with zero attached hydrogens (tertiary/aromatic N) is 1. The maximum absolute atomic E-state index is 12.5. The van der Waals surface area contributed by atoms with Crippen LogP contribution in [0.2, 0.25) is 0 Å². The van der Waals surface area contributed by atoms with E-state index in [1.54, 1.807) is 0 Å². The van der Waals surface area contributed by atoms with Crippen LogP contribution in [0.5, 0.6) is 0 Å². The molecule has 4 nitrogen and oxygen atoms in total. The van der Waals surface area contributed by atoms with Crippen LogP contribution in [-0.4, -0.2) is 42.3 Å². The van der Waals surface area contributed by atoms with Gasteiger partial charge in [0.2, 0.25) is 5.91 Å². The second-order valence-electron chi connectivity index (χ2n) is 6.43. The van der Waals surface area contributed by atoms with Gasteiger partial charge in [0.1, 0.15) is 0 Å². The minimum Gasteiger partial charge on any atom is -0.380 e. The standard InChI is InChI=1S/C16H32N2O2/c1-6-8-14-17-16(5,7-2)15(19)18(14)10-12-20-11-9-13(3)4/h13-14,17H,6-12H2,1-5H3. The predicted molar refractivity (Wildman–Crippen MR) is 82.5 cm³/mol. The Kier molecular flexibility index (Phi) is 6.96. The Balaban J connectivity index is 2.46. The Bertz CT molecular complexity index is 307. The SMILES string of the molecule is CCCC1NC(C)(CC)C(=O)N1CCOCCC(C)C. The van der Waals surface area contributed by atoms with Gasteiger partial charge in [0.05, 0.1) is 18.3 Å². The summed E-state index contributed by atoms with van der Waals surface area (Å²) in [6.45, 7) is 12.8. The molecular formula is C16H32N2O2. The first-order valence-corrected chi connectivity index (χ1v) is 8.11. The van der Waals surface area contributed by atoms with Gasteiger partial charge in [-0.3, -0.25) is 10.1 Å². The minimum absolute atomic E-state index is 0.172. The number of hydrogen-bond acceptors (Lipinski definition) is 3. The molecular weight excluding hydrogens is 252 g/mol. The Morgan fingerprint density at radius 3 is 2.60 bits per heavy atom. The largest absolute Gasteiger partial charge is 0.380 e. The molecule has 1 amide bonds. The summed E-state index contributed by atoms with van der Waals surface area (Å²) in [6, 6.07) is 0. The second-order valence-corrected chi connectivity index (χ2v) is 6.43. The van der Waals surface area contributed by atoms with Crippen LogP contribution in [0.25, 0.3) is 0 Å². The fourth-order valence-corrected chi connectivity index (χ4v) is 2.56. The van der Waals surface area contributed by atoms with Gasteiger partial charge in [-0.2, -0.15) is 0 Å². The molecule has 0 aromatic rings. The lowest BCUT2D eigenvalue weighted by molar-refractivity contribution is -0.133. The van der Waals surface area contributed by atoms with Crippen LogP contribution in [0, 0.1) is 5.92 Å². The quantitative estimate of drug-likeness (QED) is 0.662. The third-order valence-electron chi connectivity index (χ3n) is 4.18. The first-order valence-electron chi connectivity index (χ1n) is 8.11. The number of amides is 1. The van der Waals surface area contributed by atoms with Crippen LogP contribution in [0.1, 0.15) is 60.3 Å². The van der Waals surface area contributed by atoms with Crippen LogP contribution in [0.15, 0.2) is 0 Å². The fourth-order valence-electron chi connectivity index (χ4n) is 2.56. The number of nitrogens with one attached hydrogen (secondary N) is 1. The number of carbonyl (C=O) groups is 1. The van der Waals surface area contributed by atoms with Crippen molar-refractivity contribution in [2.45, 2.75) is 72.0 Å². The van der Waals surface area contributed by atoms with E-state index in [4.69, 9.17) is 4.74 Å². The van der Waals surface area contributed by atoms with Crippen molar-refractivity contribution >= 4 is 5.91 Å². The van der Waals surface area contributed by atoms with Crippen LogP contribution in [0.3, 0.4) is 0 Å². The maximum Gasteiger partial charge on any atom is 0.243 e. The molecule has 1 aliphatic rings. The summed E-state index contributed by atoms with van der Waals surface area (Å²) in [5.74, 6) is 0.896. The molecule has 1 saturated heterocycles. The predicted octanol–water partition coefficient (Wildman–Crippen LogP) is 2.78. The van der Waals surface area contributed by atoms with Crippen molar-refractivity contribution < 1.29 is 9.53 Å². The summed E-state index contributed by atoms with van der Waals surface area (Å²) in [4.78, 5) is 14.5. The lowest BCUT2D eigenvalue weighted by atomic mass is 9.99. The summed E-state index contributed by atoms with van der Waals surface area (Å²) in [6.07, 6.45) is 4.17. The average Bonchev–Trinajstić information content (AvgIpc) is 2.63. The molecule has 1 heterocycles. The van der Waals surface area contributed by atoms with Gasteiger partial charge < -0.3 is 9.64 Å². The lowest BCUT2D eigenvalue weighted by Gasteiger charge is -2.23. The Morgan fingerprint density at radius 2 is 2.05 bits per heavy atom. The summed E-state index contributed by atoms with van der Waals surface area (Å²) in [7, 11) is 0. The molecule has 1 fully saturated rings. The van der Waals surface area contributed by atoms with E-state index in [2.05, 4.69) is 33.0 Å². The molecule has 2 atom stereocenters. The molecule has 20 heavy (non-hydrogen) atoms. The molecule has 0 bridgehead atoms. The third-order valence-corrected chi connectivity index (χ3v) is 4.18. The molecule has 1 aliphatic heterocycles. The van der Waals surface area contributed by atoms with Crippen molar-refractivity contribution in [2.24, 2.45) is 5.92 Å². The van der Waals surface area contributed by atoms with Gasteiger partial charge in [-0.05, 0) is 32.1 Å². The van der Waals surface area contributed by atoms with Crippen LogP contribution < -0.4 is 5.32 Å². The fraction of sp³-hybridized carbons (Fsp3) is 0.938. The van der Waals surface area contributed by atoms with Gasteiger partial charge in [-0.25, -0.2) is 0 Å². The summed E-state index contributed by atoms with van der Waals surface area (Å²) >= 11 is 0. The van der Waals surface area contributed by atoms with Gasteiger partial charge in [0.25, 0.3) is 0 Å². The molecule has 118 valence electrons. The summed E-state index contributed by atoms with van der Waals surface area (Å²) in [5, 5.41) is 3.50. The van der Waals surface area contributed by atoms with Crippen molar-refractivity contribution in [3.8, 4) is 0 Å². The highest BCUT2D eigenvalue weighted by molar-refractivity contribution is 5.88. The second kappa shape index (κ2) is 7.99. The first-order chi connectivity index (χ1) is 9.44. The van der Waals surface area contributed by atoms with E-state index in [9.17, 15) is 4.79 Å². The van der Waals surface area contributed by atoms with E-state index in [1.165, 1.54) is 0 Å². The summed E-state index contributed by atoms with van der Waals surface area (Å²) < 4.78 is 5.66. The Hall–Kier alpha value is -0.610. The van der Waals surface area contributed by atoms with E-state index in [-0.39, 0.29) is 12.1 Å². The lowest BCUT2D eigenvalue weighted by Crippen LogP contribution is -2.43. The van der Waals surface area contributed by atoms with Crippen LogP contribution >= 0.6 is 0 Å². The van der Waals surface area contributed by atoms with Crippen molar-refractivity contribution in [3.05, 3.63) is 0 Å². The van der Waals surface area contributed by atoms with E-state index < -0.39 is 5.54 Å². The monoisotopic (exact) mass is 284 g/mol. The molecule has 0 spiro atoms. The molecule has 1 N–H and O–H groups in total. The molecule has 4 heteroatoms. The van der Waals surface area contributed by atoms with Gasteiger partial charge in [-0.15, -0.1) is 0 Å². The van der Waals surface area contributed by atoms with Crippen LogP contribution in [0.4, 0.5) is 0 Å². The van der Waals surface area contributed by atoms with E-state index in [0.29, 0.717) is 19.1 Å². The topological polar surface area (TPSA) is 41.6 Å². The van der Waals surface area contributed by atoms with Gasteiger partial charge in [0, 0.05) is 13.2 Å². The zero-order valence-electron chi connectivity index (χ0n) is 13.9. The van der Waals surface area contributed by atoms with Gasteiger partial charge in [-0.1, -0.05) is 34.1 Å². The van der Waals surface area contributed by atoms with E-state index >= 15 is 0 Å². The number of ether oxygens (including phenoxy) is 1. The molecule has 0 aromatic heterocycles. The molecule has 0 radical (unpaired) electrons. The summed E-state index contributed by atoms with van der Waals surface area (Å²) in [5.41, 5.74) is -0.391. The van der Waals surface area contributed by atoms with Crippen molar-refractivity contribution in [1.82, 2.24) is 10.2 Å². The Labute approximate surface area is 124 Å². The first kappa shape index (κ1) is 17.4. The highest BCUT2D eigenvalue weighted by Gasteiger charge is 2.45. The molecule has 0 aromatic carbocycles. The van der Waals surface area contributed by atoms with E-state index in [0.717, 1.165) is 32.3 Å². The normalized spacial score (nSPS) is 26.8. The maximum atomic E-state index is 12.5. The Morgan fingerprint density at radius 1 is 1.35 bits per heavy atom. The molecule has 0 aliphatic carbocycles. The zero-order valence-corrected chi connectivity index (χ0v) is 13.9. The smallest absolute Gasteiger partial charge is 0.243 e. The molecule has 2 unspecified atom stereocenters. The van der Waals surface area contributed by atoms with Crippen molar-refractivity contribution in [1.29, 1.82) is 0 Å². The van der Waals surface area contributed by atoms with Gasteiger partial charge in [0.15, 0.2) is 0 Å². The van der Waals surface area contributed by atoms with Crippen LogP contribution in [-0.2, 0) is 9.53 Å². The molecule has 1 rings (SSSR count). The third kappa shape index (κ3) is 4.45.